The number of thioether (sulfide) groups is 1. The molecule has 0 radical (unpaired) electrons. The molecule has 0 aliphatic heterocycles. The number of alkyl halides is 3. The van der Waals surface area contributed by atoms with Crippen LogP contribution >= 0.6 is 11.8 Å². The summed E-state index contributed by atoms with van der Waals surface area (Å²) in [6, 6.07) is 0. The third-order valence-electron chi connectivity index (χ3n) is 1.30. The molecule has 0 aromatic heterocycles. The Morgan fingerprint density at radius 1 is 1.36 bits per heavy atom. The molecular formula is C7H14BrF3N2S. The van der Waals surface area contributed by atoms with Crippen LogP contribution in [0, 0.1) is 0 Å². The Kier molecular flexibility index (Phi) is 8.72. The Morgan fingerprint density at radius 2 is 1.86 bits per heavy atom. The largest absolute Gasteiger partial charge is 1.00 e. The number of hydrogen-bond donors (Lipinski definition) is 1. The van der Waals surface area contributed by atoms with Gasteiger partial charge in [-0.15, -0.1) is 0 Å². The van der Waals surface area contributed by atoms with E-state index in [1.807, 2.05) is 0 Å². The molecule has 0 atom stereocenters. The molecule has 0 aliphatic rings. The third kappa shape index (κ3) is 10.2. The van der Waals surface area contributed by atoms with Crippen molar-refractivity contribution in [3.8, 4) is 0 Å². The molecule has 2 N–H and O–H groups in total. The Labute approximate surface area is 96.5 Å². The van der Waals surface area contributed by atoms with Gasteiger partial charge >= 0.3 is 11.3 Å². The lowest BCUT2D eigenvalue weighted by Gasteiger charge is -2.04. The standard InChI is InChI=1S/C7H13F3N2S.BrH/c1-12(2)6(11)13-5-3-4-7(8,9)10;/h11H,3-5H2,1-2H3;1H. The van der Waals surface area contributed by atoms with Gasteiger partial charge in [-0.2, -0.15) is 13.2 Å². The first-order valence-electron chi connectivity index (χ1n) is 3.82. The fraction of sp³-hybridized carbons (Fsp3) is 0.857. The monoisotopic (exact) mass is 294 g/mol. The first-order chi connectivity index (χ1) is 5.83. The van der Waals surface area contributed by atoms with Crippen LogP contribution in [0.2, 0.25) is 0 Å². The second-order valence-electron chi connectivity index (χ2n) is 2.80. The molecule has 0 saturated carbocycles. The van der Waals surface area contributed by atoms with E-state index >= 15 is 0 Å². The van der Waals surface area contributed by atoms with E-state index in [1.165, 1.54) is 11.8 Å². The minimum atomic E-state index is -4.05. The molecule has 0 aromatic rings. The van der Waals surface area contributed by atoms with Gasteiger partial charge in [-0.3, -0.25) is 10.3 Å². The summed E-state index contributed by atoms with van der Waals surface area (Å²) in [5.74, 6) is 0.406. The summed E-state index contributed by atoms with van der Waals surface area (Å²) < 4.78 is 36.7. The number of nitrogens with zero attached hydrogens (tertiary/aromatic N) is 1. The summed E-state index contributed by atoms with van der Waals surface area (Å²) in [7, 11) is 3.51. The Morgan fingerprint density at radius 3 is 2.21 bits per heavy atom. The van der Waals surface area contributed by atoms with Gasteiger partial charge in [0.15, 0.2) is 0 Å². The second-order valence-corrected chi connectivity index (χ2v) is 3.92. The van der Waals surface area contributed by atoms with Crippen LogP contribution in [0.5, 0.6) is 0 Å². The first-order valence-corrected chi connectivity index (χ1v) is 4.81. The van der Waals surface area contributed by atoms with Gasteiger partial charge in [0.05, 0.1) is 14.1 Å². The van der Waals surface area contributed by atoms with Crippen LogP contribution in [0.15, 0.2) is 0 Å². The smallest absolute Gasteiger partial charge is 0.389 e. The minimum absolute atomic E-state index is 0. The highest BCUT2D eigenvalue weighted by molar-refractivity contribution is 8.13. The SMILES string of the molecule is C[N+](C)=C(N)SCCCC(F)(F)F.[Br-]. The number of amidine groups is 1. The zero-order valence-electron chi connectivity index (χ0n) is 8.07. The van der Waals surface area contributed by atoms with Crippen molar-refractivity contribution in [3.63, 3.8) is 0 Å². The summed E-state index contributed by atoms with van der Waals surface area (Å²) in [5, 5.41) is 0.544. The van der Waals surface area contributed by atoms with Crippen molar-refractivity contribution >= 4 is 16.9 Å². The average Bonchev–Trinajstić information content (AvgIpc) is 1.95. The summed E-state index contributed by atoms with van der Waals surface area (Å²) >= 11 is 1.25. The van der Waals surface area contributed by atoms with Crippen LogP contribution in [0.4, 0.5) is 13.2 Å². The zero-order valence-corrected chi connectivity index (χ0v) is 10.5. The van der Waals surface area contributed by atoms with Crippen molar-refractivity contribution in [2.45, 2.75) is 19.0 Å². The Hall–Kier alpha value is 0.0900. The Bertz CT molecular complexity index is 190. The number of halogens is 4. The van der Waals surface area contributed by atoms with Gasteiger partial charge in [0, 0.05) is 12.2 Å². The highest BCUT2D eigenvalue weighted by atomic mass is 79.9. The molecule has 0 heterocycles. The van der Waals surface area contributed by atoms with Crippen LogP contribution < -0.4 is 22.7 Å². The van der Waals surface area contributed by atoms with Gasteiger partial charge in [-0.25, -0.2) is 0 Å². The molecule has 2 nitrogen and oxygen atoms in total. The molecule has 0 fully saturated rings. The highest BCUT2D eigenvalue weighted by Crippen LogP contribution is 2.22. The fourth-order valence-electron chi connectivity index (χ4n) is 0.578. The minimum Gasteiger partial charge on any atom is -1.00 e. The van der Waals surface area contributed by atoms with E-state index in [0.29, 0.717) is 10.9 Å². The van der Waals surface area contributed by atoms with E-state index in [0.717, 1.165) is 0 Å². The van der Waals surface area contributed by atoms with Gasteiger partial charge in [-0.05, 0) is 18.2 Å². The molecule has 14 heavy (non-hydrogen) atoms. The van der Waals surface area contributed by atoms with E-state index in [2.05, 4.69) is 0 Å². The van der Waals surface area contributed by atoms with Gasteiger partial charge in [0.1, 0.15) is 0 Å². The van der Waals surface area contributed by atoms with Crippen LogP contribution in [-0.4, -0.2) is 35.8 Å². The van der Waals surface area contributed by atoms with E-state index in [9.17, 15) is 13.2 Å². The number of hydrogen-bond acceptors (Lipinski definition) is 1. The third-order valence-corrected chi connectivity index (χ3v) is 2.45. The summed E-state index contributed by atoms with van der Waals surface area (Å²) in [5.41, 5.74) is 5.49. The quantitative estimate of drug-likeness (QED) is 0.302. The van der Waals surface area contributed by atoms with Crippen LogP contribution in [0.1, 0.15) is 12.8 Å². The van der Waals surface area contributed by atoms with E-state index in [-0.39, 0.29) is 23.4 Å². The van der Waals surface area contributed by atoms with Crippen molar-refractivity contribution in [2.75, 3.05) is 19.8 Å². The van der Waals surface area contributed by atoms with E-state index in [1.54, 1.807) is 18.7 Å². The lowest BCUT2D eigenvalue weighted by Crippen LogP contribution is -3.00. The van der Waals surface area contributed by atoms with Gasteiger partial charge in [-0.1, -0.05) is 0 Å². The van der Waals surface area contributed by atoms with Crippen molar-refractivity contribution in [1.29, 1.82) is 0 Å². The summed E-state index contributed by atoms with van der Waals surface area (Å²) in [6.45, 7) is 0. The molecule has 0 aromatic carbocycles. The maximum atomic E-state index is 11.7. The number of nitrogens with two attached hydrogens (primary N) is 1. The van der Waals surface area contributed by atoms with Crippen molar-refractivity contribution in [2.24, 2.45) is 5.73 Å². The van der Waals surface area contributed by atoms with Gasteiger partial charge < -0.3 is 17.0 Å². The summed E-state index contributed by atoms with van der Waals surface area (Å²) in [6.07, 6.45) is -4.67. The maximum absolute atomic E-state index is 11.7. The lowest BCUT2D eigenvalue weighted by atomic mass is 10.3. The molecule has 0 spiro atoms. The zero-order chi connectivity index (χ0) is 10.5. The van der Waals surface area contributed by atoms with E-state index < -0.39 is 12.6 Å². The molecule has 86 valence electrons. The van der Waals surface area contributed by atoms with Crippen LogP contribution in [0.3, 0.4) is 0 Å². The predicted molar refractivity (Wildman–Crippen MR) is 49.0 cm³/mol. The van der Waals surface area contributed by atoms with Gasteiger partial charge in [0.2, 0.25) is 0 Å². The molecule has 0 unspecified atom stereocenters. The topological polar surface area (TPSA) is 29.0 Å². The maximum Gasteiger partial charge on any atom is 0.389 e. The second kappa shape index (κ2) is 7.39. The predicted octanol–water partition coefficient (Wildman–Crippen LogP) is -1.35. The normalized spacial score (nSPS) is 10.6. The molecular weight excluding hydrogens is 281 g/mol. The number of rotatable bonds is 3. The average molecular weight is 295 g/mol. The fourth-order valence-corrected chi connectivity index (χ4v) is 1.33. The molecule has 7 heteroatoms. The van der Waals surface area contributed by atoms with Crippen LogP contribution in [0.25, 0.3) is 0 Å². The van der Waals surface area contributed by atoms with Crippen molar-refractivity contribution < 1.29 is 34.7 Å². The first kappa shape index (κ1) is 16.5. The van der Waals surface area contributed by atoms with Crippen LogP contribution in [-0.2, 0) is 0 Å². The molecule has 0 saturated heterocycles. The summed E-state index contributed by atoms with van der Waals surface area (Å²) in [4.78, 5) is 0. The van der Waals surface area contributed by atoms with E-state index in [4.69, 9.17) is 5.73 Å². The van der Waals surface area contributed by atoms with Crippen molar-refractivity contribution in [3.05, 3.63) is 0 Å². The molecule has 0 aliphatic carbocycles. The molecule has 0 rings (SSSR count). The molecule has 0 bridgehead atoms. The molecule has 0 amide bonds. The van der Waals surface area contributed by atoms with Gasteiger partial charge in [0.25, 0.3) is 0 Å². The highest BCUT2D eigenvalue weighted by Gasteiger charge is 2.26. The van der Waals surface area contributed by atoms with Crippen molar-refractivity contribution in [1.82, 2.24) is 0 Å². The Balaban J connectivity index is 0. The lowest BCUT2D eigenvalue weighted by molar-refractivity contribution is -0.462.